The maximum atomic E-state index is 11.7. The van der Waals surface area contributed by atoms with Crippen molar-refractivity contribution in [2.24, 2.45) is 5.92 Å². The first-order chi connectivity index (χ1) is 6.90. The van der Waals surface area contributed by atoms with Crippen molar-refractivity contribution in [3.63, 3.8) is 0 Å². The first-order valence-electron chi connectivity index (χ1n) is 5.26. The van der Waals surface area contributed by atoms with Gasteiger partial charge in [-0.25, -0.2) is 8.42 Å². The predicted octanol–water partition coefficient (Wildman–Crippen LogP) is 1.06. The van der Waals surface area contributed by atoms with Crippen LogP contribution in [0.25, 0.3) is 0 Å². The molecule has 15 heavy (non-hydrogen) atoms. The highest BCUT2D eigenvalue weighted by Gasteiger charge is 2.20. The number of hydrogen-bond donors (Lipinski definition) is 1. The third-order valence-electron chi connectivity index (χ3n) is 2.25. The summed E-state index contributed by atoms with van der Waals surface area (Å²) in [6.07, 6.45) is 5.78. The van der Waals surface area contributed by atoms with E-state index in [4.69, 9.17) is 6.42 Å². The van der Waals surface area contributed by atoms with Gasteiger partial charge in [-0.3, -0.25) is 0 Å². The minimum atomic E-state index is -2.97. The normalized spacial score (nSPS) is 13.8. The van der Waals surface area contributed by atoms with Crippen LogP contribution in [0.1, 0.15) is 27.2 Å². The molecule has 0 aliphatic carbocycles. The molecule has 0 heterocycles. The molecule has 0 saturated heterocycles. The van der Waals surface area contributed by atoms with Gasteiger partial charge in [-0.15, -0.1) is 6.42 Å². The Morgan fingerprint density at radius 3 is 2.40 bits per heavy atom. The summed E-state index contributed by atoms with van der Waals surface area (Å²) in [6, 6.07) is 0. The first kappa shape index (κ1) is 14.5. The Bertz CT molecular complexity index is 301. The average Bonchev–Trinajstić information content (AvgIpc) is 2.15. The summed E-state index contributed by atoms with van der Waals surface area (Å²) in [5.74, 6) is 3.11. The van der Waals surface area contributed by atoms with E-state index >= 15 is 0 Å². The molecule has 0 fully saturated rings. The van der Waals surface area contributed by atoms with Crippen LogP contribution < -0.4 is 5.32 Å². The van der Waals surface area contributed by atoms with E-state index in [9.17, 15) is 8.42 Å². The van der Waals surface area contributed by atoms with Gasteiger partial charge < -0.3 is 5.32 Å². The standard InChI is InChI=1S/C11H21NO2S/c1-5-7-12-9-11(4)15(13,14)8-6-10(2)3/h1,10-12H,6-9H2,2-4H3. The highest BCUT2D eigenvalue weighted by atomic mass is 32.2. The van der Waals surface area contributed by atoms with Crippen LogP contribution in [0.2, 0.25) is 0 Å². The highest BCUT2D eigenvalue weighted by molar-refractivity contribution is 7.92. The van der Waals surface area contributed by atoms with Crippen molar-refractivity contribution >= 4 is 9.84 Å². The summed E-state index contributed by atoms with van der Waals surface area (Å²) >= 11 is 0. The van der Waals surface area contributed by atoms with Crippen LogP contribution in [0.4, 0.5) is 0 Å². The maximum Gasteiger partial charge on any atom is 0.154 e. The van der Waals surface area contributed by atoms with Gasteiger partial charge in [-0.2, -0.15) is 0 Å². The summed E-state index contributed by atoms with van der Waals surface area (Å²) in [4.78, 5) is 0. The average molecular weight is 231 g/mol. The monoisotopic (exact) mass is 231 g/mol. The van der Waals surface area contributed by atoms with Crippen molar-refractivity contribution in [2.75, 3.05) is 18.8 Å². The fraction of sp³-hybridized carbons (Fsp3) is 0.818. The molecular weight excluding hydrogens is 210 g/mol. The SMILES string of the molecule is C#CCNCC(C)S(=O)(=O)CCC(C)C. The van der Waals surface area contributed by atoms with E-state index in [2.05, 4.69) is 11.2 Å². The van der Waals surface area contributed by atoms with Crippen LogP contribution in [0.3, 0.4) is 0 Å². The molecule has 0 aromatic rings. The minimum absolute atomic E-state index is 0.267. The van der Waals surface area contributed by atoms with E-state index in [0.717, 1.165) is 6.42 Å². The fourth-order valence-electron chi connectivity index (χ4n) is 1.08. The molecule has 0 saturated carbocycles. The molecule has 0 aliphatic heterocycles. The van der Waals surface area contributed by atoms with Crippen molar-refractivity contribution in [3.8, 4) is 12.3 Å². The molecule has 88 valence electrons. The molecule has 0 aromatic heterocycles. The quantitative estimate of drug-likeness (QED) is 0.526. The van der Waals surface area contributed by atoms with Crippen molar-refractivity contribution in [1.82, 2.24) is 5.32 Å². The Hall–Kier alpha value is -0.530. The lowest BCUT2D eigenvalue weighted by atomic mass is 10.2. The number of terminal acetylenes is 1. The van der Waals surface area contributed by atoms with Gasteiger partial charge in [0.25, 0.3) is 0 Å². The van der Waals surface area contributed by atoms with Crippen LogP contribution in [0, 0.1) is 18.3 Å². The summed E-state index contributed by atoms with van der Waals surface area (Å²) in [5.41, 5.74) is 0. The second-order valence-electron chi connectivity index (χ2n) is 4.20. The van der Waals surface area contributed by atoms with Crippen molar-refractivity contribution in [1.29, 1.82) is 0 Å². The van der Waals surface area contributed by atoms with Crippen LogP contribution in [-0.4, -0.2) is 32.5 Å². The van der Waals surface area contributed by atoms with Gasteiger partial charge in [0.1, 0.15) is 0 Å². The molecule has 1 N–H and O–H groups in total. The van der Waals surface area contributed by atoms with E-state index in [0.29, 0.717) is 19.0 Å². The molecule has 0 aromatic carbocycles. The molecule has 0 amide bonds. The zero-order valence-electron chi connectivity index (χ0n) is 9.79. The third kappa shape index (κ3) is 6.53. The topological polar surface area (TPSA) is 46.2 Å². The van der Waals surface area contributed by atoms with Crippen molar-refractivity contribution in [3.05, 3.63) is 0 Å². The molecule has 4 heteroatoms. The molecular formula is C11H21NO2S. The van der Waals surface area contributed by atoms with Gasteiger partial charge in [0, 0.05) is 6.54 Å². The summed E-state index contributed by atoms with van der Waals surface area (Å²) in [5, 5.41) is 2.56. The van der Waals surface area contributed by atoms with Gasteiger partial charge in [-0.05, 0) is 19.3 Å². The van der Waals surface area contributed by atoms with Crippen LogP contribution in [0.15, 0.2) is 0 Å². The molecule has 0 radical (unpaired) electrons. The lowest BCUT2D eigenvalue weighted by molar-refractivity contribution is 0.558. The third-order valence-corrected chi connectivity index (χ3v) is 4.45. The molecule has 0 bridgehead atoms. The molecule has 1 atom stereocenters. The van der Waals surface area contributed by atoms with Crippen LogP contribution in [-0.2, 0) is 9.84 Å². The van der Waals surface area contributed by atoms with Crippen molar-refractivity contribution < 1.29 is 8.42 Å². The molecule has 0 rings (SSSR count). The lowest BCUT2D eigenvalue weighted by Crippen LogP contribution is -2.33. The number of hydrogen-bond acceptors (Lipinski definition) is 3. The Labute approximate surface area is 93.6 Å². The molecule has 0 spiro atoms. The summed E-state index contributed by atoms with van der Waals surface area (Å²) in [6.45, 7) is 6.63. The lowest BCUT2D eigenvalue weighted by Gasteiger charge is -2.13. The van der Waals surface area contributed by atoms with Gasteiger partial charge in [0.15, 0.2) is 9.84 Å². The smallest absolute Gasteiger partial charge is 0.154 e. The Kier molecular flexibility index (Phi) is 6.62. The van der Waals surface area contributed by atoms with E-state index in [1.54, 1.807) is 6.92 Å². The maximum absolute atomic E-state index is 11.7. The van der Waals surface area contributed by atoms with Crippen molar-refractivity contribution in [2.45, 2.75) is 32.4 Å². The zero-order chi connectivity index (χ0) is 11.9. The Morgan fingerprint density at radius 2 is 1.93 bits per heavy atom. The van der Waals surface area contributed by atoms with Crippen LogP contribution >= 0.6 is 0 Å². The molecule has 1 unspecified atom stereocenters. The zero-order valence-corrected chi connectivity index (χ0v) is 10.6. The number of rotatable bonds is 7. The van der Waals surface area contributed by atoms with Gasteiger partial charge in [0.05, 0.1) is 17.5 Å². The first-order valence-corrected chi connectivity index (χ1v) is 6.97. The Morgan fingerprint density at radius 1 is 1.33 bits per heavy atom. The second-order valence-corrected chi connectivity index (χ2v) is 6.73. The second kappa shape index (κ2) is 6.86. The fourth-order valence-corrected chi connectivity index (χ4v) is 2.65. The largest absolute Gasteiger partial charge is 0.305 e. The van der Waals surface area contributed by atoms with Gasteiger partial charge in [-0.1, -0.05) is 19.8 Å². The molecule has 0 aliphatic rings. The van der Waals surface area contributed by atoms with E-state index in [1.807, 2.05) is 13.8 Å². The highest BCUT2D eigenvalue weighted by Crippen LogP contribution is 2.07. The number of sulfone groups is 1. The molecule has 3 nitrogen and oxygen atoms in total. The van der Waals surface area contributed by atoms with E-state index in [1.165, 1.54) is 0 Å². The summed E-state index contributed by atoms with van der Waals surface area (Å²) in [7, 11) is -2.97. The van der Waals surface area contributed by atoms with Gasteiger partial charge in [0.2, 0.25) is 0 Å². The predicted molar refractivity (Wildman–Crippen MR) is 64.4 cm³/mol. The number of nitrogens with one attached hydrogen (secondary N) is 1. The summed E-state index contributed by atoms with van der Waals surface area (Å²) < 4.78 is 23.5. The Balaban J connectivity index is 4.04. The van der Waals surface area contributed by atoms with Gasteiger partial charge >= 0.3 is 0 Å². The van der Waals surface area contributed by atoms with E-state index in [-0.39, 0.29) is 11.0 Å². The van der Waals surface area contributed by atoms with Crippen LogP contribution in [0.5, 0.6) is 0 Å². The van der Waals surface area contributed by atoms with E-state index < -0.39 is 9.84 Å². The minimum Gasteiger partial charge on any atom is -0.305 e.